The molecule has 5 heteroatoms. The van der Waals surface area contributed by atoms with Crippen molar-refractivity contribution in [3.8, 4) is 11.8 Å². The van der Waals surface area contributed by atoms with Gasteiger partial charge >= 0.3 is 0 Å². The summed E-state index contributed by atoms with van der Waals surface area (Å²) in [7, 11) is 0. The Bertz CT molecular complexity index is 1380. The number of hydrogen-bond acceptors (Lipinski definition) is 3. The lowest BCUT2D eigenvalue weighted by Gasteiger charge is -2.08. The molecule has 0 atom stereocenters. The van der Waals surface area contributed by atoms with Crippen LogP contribution in [0.4, 0.5) is 0 Å². The molecule has 0 aliphatic rings. The Balaban J connectivity index is 1.74. The van der Waals surface area contributed by atoms with Crippen LogP contribution in [0.25, 0.3) is 31.9 Å². The fraction of sp³-hybridized carbons (Fsp3) is 0.0870. The number of benzene rings is 3. The van der Waals surface area contributed by atoms with Crippen LogP contribution in [0.1, 0.15) is 5.56 Å². The predicted molar refractivity (Wildman–Crippen MR) is 116 cm³/mol. The van der Waals surface area contributed by atoms with E-state index in [1.165, 1.54) is 15.6 Å². The highest BCUT2D eigenvalue weighted by atomic mass is 35.5. The molecule has 3 nitrogen and oxygen atoms in total. The Morgan fingerprint density at radius 3 is 2.75 bits per heavy atom. The zero-order chi connectivity index (χ0) is 19.1. The van der Waals surface area contributed by atoms with Gasteiger partial charge in [0.25, 0.3) is 0 Å². The number of ether oxygens (including phenoxy) is 1. The number of hydrogen-bond donors (Lipinski definition) is 0. The molecule has 3 aromatic carbocycles. The third-order valence-electron chi connectivity index (χ3n) is 5.00. The second kappa shape index (κ2) is 6.87. The number of aromatic nitrogens is 1. The lowest BCUT2D eigenvalue weighted by molar-refractivity contribution is 0.373. The van der Waals surface area contributed by atoms with E-state index < -0.39 is 0 Å². The van der Waals surface area contributed by atoms with Gasteiger partial charge in [0.05, 0.1) is 5.52 Å². The normalized spacial score (nSPS) is 11.3. The second-order valence-corrected chi connectivity index (χ2v) is 7.95. The molecule has 5 rings (SSSR count). The molecule has 5 aromatic rings. The molecule has 0 aliphatic carbocycles. The first kappa shape index (κ1) is 17.1. The Morgan fingerprint density at radius 1 is 1.00 bits per heavy atom. The van der Waals surface area contributed by atoms with Crippen molar-refractivity contribution in [3.63, 3.8) is 0 Å². The van der Waals surface area contributed by atoms with Crippen molar-refractivity contribution in [1.82, 2.24) is 4.57 Å². The van der Waals surface area contributed by atoms with Gasteiger partial charge in [-0.1, -0.05) is 35.9 Å². The molecule has 0 saturated carbocycles. The molecule has 2 aromatic heterocycles. The lowest BCUT2D eigenvalue weighted by Crippen LogP contribution is -1.99. The molecule has 0 bridgehead atoms. The summed E-state index contributed by atoms with van der Waals surface area (Å²) >= 11 is 7.98. The van der Waals surface area contributed by atoms with Gasteiger partial charge in [0.15, 0.2) is 6.61 Å². The van der Waals surface area contributed by atoms with Crippen LogP contribution in [0.15, 0.2) is 66.0 Å². The minimum absolute atomic E-state index is 0.0340. The van der Waals surface area contributed by atoms with Crippen molar-refractivity contribution < 1.29 is 4.74 Å². The van der Waals surface area contributed by atoms with Gasteiger partial charge in [-0.2, -0.15) is 5.26 Å². The van der Waals surface area contributed by atoms with Crippen molar-refractivity contribution in [2.45, 2.75) is 6.54 Å². The highest BCUT2D eigenvalue weighted by Gasteiger charge is 2.16. The molecule has 0 unspecified atom stereocenters. The molecule has 2 heterocycles. The van der Waals surface area contributed by atoms with Crippen molar-refractivity contribution >= 4 is 54.8 Å². The molecule has 0 fully saturated rings. The van der Waals surface area contributed by atoms with Crippen molar-refractivity contribution in [3.05, 3.63) is 76.6 Å². The first-order valence-electron chi connectivity index (χ1n) is 8.91. The average Bonchev–Trinajstić information content (AvgIpc) is 3.26. The molecule has 0 aliphatic heterocycles. The van der Waals surface area contributed by atoms with Gasteiger partial charge in [0.2, 0.25) is 0 Å². The standard InChI is InChI=1S/C23H15ClN2OS/c24-16-8-9-22-18(12-16)15(14-28-22)13-26-19-5-2-1-4-17(19)23-20(26)6-3-7-21(23)27-11-10-25/h1-9,12,14H,11,13H2. The fourth-order valence-corrected chi connectivity index (χ4v) is 4.92. The molecule has 28 heavy (non-hydrogen) atoms. The lowest BCUT2D eigenvalue weighted by atomic mass is 10.1. The zero-order valence-electron chi connectivity index (χ0n) is 14.9. The summed E-state index contributed by atoms with van der Waals surface area (Å²) in [6, 6.07) is 22.4. The monoisotopic (exact) mass is 402 g/mol. The van der Waals surface area contributed by atoms with E-state index in [-0.39, 0.29) is 6.61 Å². The third kappa shape index (κ3) is 2.72. The Kier molecular flexibility index (Phi) is 4.20. The topological polar surface area (TPSA) is 37.9 Å². The van der Waals surface area contributed by atoms with Gasteiger partial charge in [-0.3, -0.25) is 0 Å². The summed E-state index contributed by atoms with van der Waals surface area (Å²) in [5.41, 5.74) is 3.48. The van der Waals surface area contributed by atoms with Crippen LogP contribution in [-0.2, 0) is 6.54 Å². The first-order chi connectivity index (χ1) is 13.8. The summed E-state index contributed by atoms with van der Waals surface area (Å²) in [6.07, 6.45) is 0. The predicted octanol–water partition coefficient (Wildman–Crippen LogP) is 6.61. The maximum absolute atomic E-state index is 8.92. The van der Waals surface area contributed by atoms with Gasteiger partial charge in [-0.15, -0.1) is 11.3 Å². The first-order valence-corrected chi connectivity index (χ1v) is 10.2. The number of fused-ring (bicyclic) bond motifs is 4. The van der Waals surface area contributed by atoms with E-state index in [0.717, 1.165) is 39.1 Å². The fourth-order valence-electron chi connectivity index (χ4n) is 3.81. The number of para-hydroxylation sites is 1. The Morgan fingerprint density at radius 2 is 1.86 bits per heavy atom. The van der Waals surface area contributed by atoms with Crippen LogP contribution in [0.3, 0.4) is 0 Å². The van der Waals surface area contributed by atoms with E-state index in [1.54, 1.807) is 11.3 Å². The molecule has 0 N–H and O–H groups in total. The SMILES string of the molecule is N#CCOc1cccc2c1c1ccccc1n2Cc1csc2ccc(Cl)cc12. The minimum atomic E-state index is 0.0340. The van der Waals surface area contributed by atoms with E-state index in [1.807, 2.05) is 30.3 Å². The summed E-state index contributed by atoms with van der Waals surface area (Å²) in [5, 5.41) is 15.3. The van der Waals surface area contributed by atoms with E-state index in [9.17, 15) is 0 Å². The van der Waals surface area contributed by atoms with Crippen LogP contribution in [0.2, 0.25) is 5.02 Å². The molecule has 0 spiro atoms. The number of nitrogens with zero attached hydrogens (tertiary/aromatic N) is 2. The van der Waals surface area contributed by atoms with Crippen molar-refractivity contribution in [1.29, 1.82) is 5.26 Å². The van der Waals surface area contributed by atoms with Crippen LogP contribution in [0.5, 0.6) is 5.75 Å². The average molecular weight is 403 g/mol. The quantitative estimate of drug-likeness (QED) is 0.339. The molecule has 0 amide bonds. The summed E-state index contributed by atoms with van der Waals surface area (Å²) in [4.78, 5) is 0. The highest BCUT2D eigenvalue weighted by Crippen LogP contribution is 2.37. The van der Waals surface area contributed by atoms with Gasteiger partial charge in [0.1, 0.15) is 11.8 Å². The maximum atomic E-state index is 8.92. The summed E-state index contributed by atoms with van der Waals surface area (Å²) in [6.45, 7) is 0.776. The molecule has 136 valence electrons. The van der Waals surface area contributed by atoms with Gasteiger partial charge < -0.3 is 9.30 Å². The van der Waals surface area contributed by atoms with Crippen molar-refractivity contribution in [2.75, 3.05) is 6.61 Å². The maximum Gasteiger partial charge on any atom is 0.174 e. The van der Waals surface area contributed by atoms with Gasteiger partial charge in [-0.25, -0.2) is 0 Å². The van der Waals surface area contributed by atoms with Gasteiger partial charge in [0, 0.05) is 32.6 Å². The highest BCUT2D eigenvalue weighted by molar-refractivity contribution is 7.17. The third-order valence-corrected chi connectivity index (χ3v) is 6.24. The molecular weight excluding hydrogens is 388 g/mol. The largest absolute Gasteiger partial charge is 0.478 e. The smallest absolute Gasteiger partial charge is 0.174 e. The van der Waals surface area contributed by atoms with Crippen LogP contribution >= 0.6 is 22.9 Å². The zero-order valence-corrected chi connectivity index (χ0v) is 16.4. The van der Waals surface area contributed by atoms with E-state index in [0.29, 0.717) is 0 Å². The van der Waals surface area contributed by atoms with Crippen LogP contribution < -0.4 is 4.74 Å². The number of halogens is 1. The molecule has 0 radical (unpaired) electrons. The van der Waals surface area contributed by atoms with Gasteiger partial charge in [-0.05, 0) is 52.7 Å². The van der Waals surface area contributed by atoms with Crippen molar-refractivity contribution in [2.24, 2.45) is 0 Å². The Hall–Kier alpha value is -3.00. The second-order valence-electron chi connectivity index (χ2n) is 6.60. The minimum Gasteiger partial charge on any atom is -0.478 e. The molecule has 0 saturated heterocycles. The Labute approximate surface area is 170 Å². The number of nitriles is 1. The van der Waals surface area contributed by atoms with Crippen LogP contribution in [-0.4, -0.2) is 11.2 Å². The van der Waals surface area contributed by atoms with Crippen LogP contribution in [0, 0.1) is 11.3 Å². The summed E-state index contributed by atoms with van der Waals surface area (Å²) < 4.78 is 9.27. The van der Waals surface area contributed by atoms with E-state index in [2.05, 4.69) is 46.3 Å². The van der Waals surface area contributed by atoms with E-state index in [4.69, 9.17) is 21.6 Å². The summed E-state index contributed by atoms with van der Waals surface area (Å²) in [5.74, 6) is 0.743. The number of thiophene rings is 1. The molecular formula is C23H15ClN2OS. The number of rotatable bonds is 4. The van der Waals surface area contributed by atoms with E-state index >= 15 is 0 Å².